The number of nitrogens with one attached hydrogen (secondary N) is 1. The summed E-state index contributed by atoms with van der Waals surface area (Å²) in [5.74, 6) is 0.319. The Bertz CT molecular complexity index is 447. The second-order valence-electron chi connectivity index (χ2n) is 6.46. The highest BCUT2D eigenvalue weighted by Crippen LogP contribution is 2.38. The Balaban J connectivity index is 0.00000220. The van der Waals surface area contributed by atoms with Gasteiger partial charge in [0, 0.05) is 12.5 Å². The summed E-state index contributed by atoms with van der Waals surface area (Å²) in [6.45, 7) is 0.545. The van der Waals surface area contributed by atoms with Gasteiger partial charge >= 0.3 is 0 Å². The van der Waals surface area contributed by atoms with Crippen LogP contribution in [-0.2, 0) is 14.6 Å². The number of sulfone groups is 1. The van der Waals surface area contributed by atoms with Crippen LogP contribution in [0.1, 0.15) is 51.4 Å². The lowest BCUT2D eigenvalue weighted by Crippen LogP contribution is -2.46. The lowest BCUT2D eigenvalue weighted by molar-refractivity contribution is -0.124. The number of carbonyl (C=O) groups excluding carboxylic acids is 1. The fourth-order valence-corrected chi connectivity index (χ4v) is 5.15. The molecule has 124 valence electrons. The van der Waals surface area contributed by atoms with Gasteiger partial charge in [-0.15, -0.1) is 12.4 Å². The van der Waals surface area contributed by atoms with Gasteiger partial charge in [-0.3, -0.25) is 4.79 Å². The Morgan fingerprint density at radius 3 is 2.43 bits per heavy atom. The molecular formula is C14H27ClN2O3S. The number of hydrogen-bond donors (Lipinski definition) is 2. The molecule has 1 amide bonds. The van der Waals surface area contributed by atoms with Gasteiger partial charge in [0.15, 0.2) is 9.84 Å². The Labute approximate surface area is 133 Å². The summed E-state index contributed by atoms with van der Waals surface area (Å²) in [4.78, 5) is 12.2. The van der Waals surface area contributed by atoms with Crippen LogP contribution in [0.3, 0.4) is 0 Å². The van der Waals surface area contributed by atoms with Gasteiger partial charge < -0.3 is 11.1 Å². The molecule has 2 fully saturated rings. The molecule has 0 bridgehead atoms. The number of amides is 1. The fourth-order valence-electron chi connectivity index (χ4n) is 3.51. The molecule has 21 heavy (non-hydrogen) atoms. The van der Waals surface area contributed by atoms with Crippen molar-refractivity contribution in [1.29, 1.82) is 0 Å². The maximum Gasteiger partial charge on any atom is 0.220 e. The van der Waals surface area contributed by atoms with Crippen LogP contribution in [0.2, 0.25) is 0 Å². The standard InChI is InChI=1S/C14H26N2O3S.ClH/c15-11-14(6-2-1-3-7-14)9-13(17)16-12-5-4-8-20(18,19)10-12;/h12H,1-11,15H2,(H,16,17);1H. The maximum atomic E-state index is 12.2. The molecule has 0 spiro atoms. The van der Waals surface area contributed by atoms with Crippen molar-refractivity contribution in [1.82, 2.24) is 5.32 Å². The zero-order chi connectivity index (χ0) is 14.6. The highest BCUT2D eigenvalue weighted by molar-refractivity contribution is 7.91. The van der Waals surface area contributed by atoms with Gasteiger partial charge in [-0.05, 0) is 37.6 Å². The van der Waals surface area contributed by atoms with Crippen LogP contribution < -0.4 is 11.1 Å². The summed E-state index contributed by atoms with van der Waals surface area (Å²) in [6.07, 6.45) is 7.39. The topological polar surface area (TPSA) is 89.3 Å². The minimum absolute atomic E-state index is 0. The van der Waals surface area contributed by atoms with E-state index in [1.807, 2.05) is 0 Å². The molecule has 1 atom stereocenters. The zero-order valence-electron chi connectivity index (χ0n) is 12.5. The highest BCUT2D eigenvalue weighted by atomic mass is 35.5. The smallest absolute Gasteiger partial charge is 0.220 e. The molecule has 1 aliphatic heterocycles. The lowest BCUT2D eigenvalue weighted by Gasteiger charge is -2.36. The summed E-state index contributed by atoms with van der Waals surface area (Å²) in [5, 5.41) is 2.91. The van der Waals surface area contributed by atoms with E-state index in [0.29, 0.717) is 19.4 Å². The van der Waals surface area contributed by atoms with E-state index in [-0.39, 0.29) is 41.3 Å². The molecule has 1 unspecified atom stereocenters. The van der Waals surface area contributed by atoms with Gasteiger partial charge in [-0.1, -0.05) is 19.3 Å². The van der Waals surface area contributed by atoms with Gasteiger partial charge in [0.25, 0.3) is 0 Å². The van der Waals surface area contributed by atoms with Crippen LogP contribution in [0.25, 0.3) is 0 Å². The molecule has 1 saturated carbocycles. The van der Waals surface area contributed by atoms with Crippen molar-refractivity contribution < 1.29 is 13.2 Å². The molecular weight excluding hydrogens is 312 g/mol. The third-order valence-corrected chi connectivity index (χ3v) is 6.53. The molecule has 1 heterocycles. The first-order valence-electron chi connectivity index (χ1n) is 7.65. The second kappa shape index (κ2) is 7.79. The molecule has 5 nitrogen and oxygen atoms in total. The summed E-state index contributed by atoms with van der Waals surface area (Å²) in [5.41, 5.74) is 5.83. The average molecular weight is 339 g/mol. The molecule has 0 aromatic rings. The van der Waals surface area contributed by atoms with Crippen LogP contribution in [0.5, 0.6) is 0 Å². The van der Waals surface area contributed by atoms with E-state index in [2.05, 4.69) is 5.32 Å². The number of hydrogen-bond acceptors (Lipinski definition) is 4. The van der Waals surface area contributed by atoms with Crippen LogP contribution in [0.15, 0.2) is 0 Å². The Hall–Kier alpha value is -0.330. The van der Waals surface area contributed by atoms with E-state index in [1.165, 1.54) is 6.42 Å². The molecule has 3 N–H and O–H groups in total. The van der Waals surface area contributed by atoms with Gasteiger partial charge in [-0.2, -0.15) is 0 Å². The van der Waals surface area contributed by atoms with Crippen LogP contribution in [0, 0.1) is 5.41 Å². The fraction of sp³-hybridized carbons (Fsp3) is 0.929. The minimum atomic E-state index is -2.97. The number of halogens is 1. The van der Waals surface area contributed by atoms with Crippen molar-refractivity contribution in [3.63, 3.8) is 0 Å². The molecule has 0 radical (unpaired) electrons. The number of rotatable bonds is 4. The van der Waals surface area contributed by atoms with Crippen molar-refractivity contribution in [2.24, 2.45) is 11.1 Å². The Morgan fingerprint density at radius 1 is 1.19 bits per heavy atom. The van der Waals surface area contributed by atoms with Crippen LogP contribution >= 0.6 is 12.4 Å². The van der Waals surface area contributed by atoms with Crippen LogP contribution in [0.4, 0.5) is 0 Å². The summed E-state index contributed by atoms with van der Waals surface area (Å²) in [6, 6.07) is -0.209. The predicted octanol–water partition coefficient (Wildman–Crippen LogP) is 1.40. The highest BCUT2D eigenvalue weighted by Gasteiger charge is 2.34. The van der Waals surface area contributed by atoms with Gasteiger partial charge in [0.05, 0.1) is 11.5 Å². The van der Waals surface area contributed by atoms with E-state index in [0.717, 1.165) is 32.1 Å². The first-order valence-corrected chi connectivity index (χ1v) is 9.47. The summed E-state index contributed by atoms with van der Waals surface area (Å²) < 4.78 is 23.2. The quantitative estimate of drug-likeness (QED) is 0.810. The second-order valence-corrected chi connectivity index (χ2v) is 8.69. The van der Waals surface area contributed by atoms with Crippen LogP contribution in [-0.4, -0.2) is 38.4 Å². The number of nitrogens with two attached hydrogens (primary N) is 1. The Morgan fingerprint density at radius 2 is 1.86 bits per heavy atom. The molecule has 2 rings (SSSR count). The first-order chi connectivity index (χ1) is 9.45. The van der Waals surface area contributed by atoms with E-state index < -0.39 is 9.84 Å². The van der Waals surface area contributed by atoms with E-state index in [4.69, 9.17) is 5.73 Å². The lowest BCUT2D eigenvalue weighted by atomic mass is 9.71. The van der Waals surface area contributed by atoms with Gasteiger partial charge in [0.1, 0.15) is 0 Å². The molecule has 1 aliphatic carbocycles. The van der Waals surface area contributed by atoms with E-state index in [1.54, 1.807) is 0 Å². The molecule has 0 aromatic heterocycles. The summed E-state index contributed by atoms with van der Waals surface area (Å²) >= 11 is 0. The Kier molecular flexibility index (Phi) is 6.94. The third-order valence-electron chi connectivity index (χ3n) is 4.71. The van der Waals surface area contributed by atoms with E-state index in [9.17, 15) is 13.2 Å². The normalized spacial score (nSPS) is 27.4. The zero-order valence-corrected chi connectivity index (χ0v) is 14.1. The molecule has 1 saturated heterocycles. The summed E-state index contributed by atoms with van der Waals surface area (Å²) in [7, 11) is -2.97. The van der Waals surface area contributed by atoms with Gasteiger partial charge in [-0.25, -0.2) is 8.42 Å². The van der Waals surface area contributed by atoms with Crippen molar-refractivity contribution in [2.45, 2.75) is 57.4 Å². The first kappa shape index (κ1) is 18.7. The third kappa shape index (κ3) is 5.42. The van der Waals surface area contributed by atoms with Gasteiger partial charge in [0.2, 0.25) is 5.91 Å². The number of carbonyl (C=O) groups is 1. The molecule has 2 aliphatic rings. The van der Waals surface area contributed by atoms with Crippen molar-refractivity contribution in [3.8, 4) is 0 Å². The average Bonchev–Trinajstić information content (AvgIpc) is 2.38. The van der Waals surface area contributed by atoms with Crippen molar-refractivity contribution in [2.75, 3.05) is 18.1 Å². The van der Waals surface area contributed by atoms with Crippen molar-refractivity contribution in [3.05, 3.63) is 0 Å². The minimum Gasteiger partial charge on any atom is -0.352 e. The SMILES string of the molecule is Cl.NCC1(CC(=O)NC2CCCS(=O)(=O)C2)CCCCC1. The predicted molar refractivity (Wildman–Crippen MR) is 86.3 cm³/mol. The largest absolute Gasteiger partial charge is 0.352 e. The van der Waals surface area contributed by atoms with E-state index >= 15 is 0 Å². The van der Waals surface area contributed by atoms with Crippen molar-refractivity contribution >= 4 is 28.2 Å². The molecule has 7 heteroatoms. The monoisotopic (exact) mass is 338 g/mol. The maximum absolute atomic E-state index is 12.2. The molecule has 0 aromatic carbocycles.